The molecule has 2 aromatic carbocycles. The van der Waals surface area contributed by atoms with Gasteiger partial charge >= 0.3 is 0 Å². The fraction of sp³-hybridized carbons (Fsp3) is 0.382. The van der Waals surface area contributed by atoms with Gasteiger partial charge in [0.2, 0.25) is 21.8 Å². The van der Waals surface area contributed by atoms with E-state index in [1.54, 1.807) is 24.5 Å². The molecule has 1 N–H and O–H groups in total. The minimum absolute atomic E-state index is 0.0658. The Morgan fingerprint density at radius 2 is 1.94 bits per heavy atom. The molecule has 1 unspecified atom stereocenters. The molecule has 0 radical (unpaired) electrons. The van der Waals surface area contributed by atoms with Gasteiger partial charge in [0.15, 0.2) is 0 Å². The molecule has 0 bridgehead atoms. The van der Waals surface area contributed by atoms with Crippen molar-refractivity contribution in [1.82, 2.24) is 39.2 Å². The van der Waals surface area contributed by atoms with Crippen molar-refractivity contribution in [2.24, 2.45) is 7.05 Å². The van der Waals surface area contributed by atoms with Crippen molar-refractivity contribution < 1.29 is 17.9 Å². The Hall–Kier alpha value is -4.62. The van der Waals surface area contributed by atoms with Crippen molar-refractivity contribution in [2.45, 2.75) is 77.1 Å². The number of nitrogens with one attached hydrogen (secondary N) is 1. The largest absolute Gasteiger partial charge is 0.472 e. The Balaban J connectivity index is 1.37. The lowest BCUT2D eigenvalue weighted by atomic mass is 9.84. The molecule has 47 heavy (non-hydrogen) atoms. The summed E-state index contributed by atoms with van der Waals surface area (Å²) in [5, 5.41) is 11.8. The zero-order valence-corrected chi connectivity index (χ0v) is 28.2. The Kier molecular flexibility index (Phi) is 9.11. The number of carbonyl (C=O) groups excluding carboxylic acids is 1. The van der Waals surface area contributed by atoms with Crippen molar-refractivity contribution in [3.63, 3.8) is 0 Å². The van der Waals surface area contributed by atoms with E-state index < -0.39 is 10.0 Å². The number of ether oxygens (including phenoxy) is 1. The molecule has 13 heteroatoms. The molecule has 3 aromatic heterocycles. The molecule has 0 saturated carbocycles. The second kappa shape index (κ2) is 13.2. The van der Waals surface area contributed by atoms with E-state index in [1.165, 1.54) is 4.31 Å². The van der Waals surface area contributed by atoms with Crippen LogP contribution in [0.2, 0.25) is 0 Å². The van der Waals surface area contributed by atoms with Crippen LogP contribution in [0.3, 0.4) is 0 Å². The van der Waals surface area contributed by atoms with Gasteiger partial charge in [0.25, 0.3) is 0 Å². The first kappa shape index (κ1) is 32.3. The van der Waals surface area contributed by atoms with Crippen molar-refractivity contribution in [3.05, 3.63) is 94.7 Å². The number of aromatic nitrogens is 6. The lowest BCUT2D eigenvalue weighted by Crippen LogP contribution is -2.36. The van der Waals surface area contributed by atoms with Gasteiger partial charge in [-0.25, -0.2) is 23.1 Å². The van der Waals surface area contributed by atoms with Crippen LogP contribution in [0.4, 0.5) is 0 Å². The molecular formula is C34H40N8O4S. The third-order valence-electron chi connectivity index (χ3n) is 9.03. The zero-order chi connectivity index (χ0) is 33.3. The monoisotopic (exact) mass is 656 g/mol. The number of hydrogen-bond acceptors (Lipinski definition) is 8. The highest BCUT2D eigenvalue weighted by molar-refractivity contribution is 7.89. The third-order valence-corrected chi connectivity index (χ3v) is 10.9. The van der Waals surface area contributed by atoms with Gasteiger partial charge in [0, 0.05) is 51.1 Å². The fourth-order valence-electron chi connectivity index (χ4n) is 6.15. The highest BCUT2D eigenvalue weighted by atomic mass is 32.2. The maximum Gasteiger partial charge on any atom is 0.248 e. The van der Waals surface area contributed by atoms with E-state index in [0.29, 0.717) is 19.5 Å². The van der Waals surface area contributed by atoms with Crippen LogP contribution in [0, 0.1) is 13.8 Å². The maximum absolute atomic E-state index is 13.9. The van der Waals surface area contributed by atoms with Crippen LogP contribution >= 0.6 is 0 Å². The predicted octanol–water partition coefficient (Wildman–Crippen LogP) is 4.40. The number of imidazole rings is 1. The first-order chi connectivity index (χ1) is 22.6. The Morgan fingerprint density at radius 3 is 2.68 bits per heavy atom. The number of rotatable bonds is 10. The van der Waals surface area contributed by atoms with E-state index >= 15 is 0 Å². The Bertz CT molecular complexity index is 2040. The zero-order valence-electron chi connectivity index (χ0n) is 27.3. The number of aryl methyl sites for hydroxylation is 4. The predicted molar refractivity (Wildman–Crippen MR) is 177 cm³/mol. The van der Waals surface area contributed by atoms with Crippen LogP contribution in [0.5, 0.6) is 5.88 Å². The van der Waals surface area contributed by atoms with Gasteiger partial charge in [0.1, 0.15) is 22.3 Å². The number of carbonyl (C=O) groups is 1. The molecule has 2 atom stereocenters. The van der Waals surface area contributed by atoms with Gasteiger partial charge in [-0.3, -0.25) is 4.79 Å². The van der Waals surface area contributed by atoms with Crippen molar-refractivity contribution in [3.8, 4) is 5.88 Å². The van der Waals surface area contributed by atoms with Gasteiger partial charge in [0.05, 0.1) is 18.6 Å². The van der Waals surface area contributed by atoms with Crippen molar-refractivity contribution in [2.75, 3.05) is 6.54 Å². The van der Waals surface area contributed by atoms with E-state index in [9.17, 15) is 13.2 Å². The summed E-state index contributed by atoms with van der Waals surface area (Å²) < 4.78 is 39.0. The second-order valence-corrected chi connectivity index (χ2v) is 13.9. The molecule has 4 heterocycles. The number of hydrogen-bond donors (Lipinski definition) is 1. The summed E-state index contributed by atoms with van der Waals surface area (Å²) in [4.78, 5) is 22.1. The first-order valence-corrected chi connectivity index (χ1v) is 17.3. The number of pyridine rings is 1. The van der Waals surface area contributed by atoms with Gasteiger partial charge in [-0.15, -0.1) is 5.10 Å². The molecule has 1 amide bonds. The smallest absolute Gasteiger partial charge is 0.248 e. The molecule has 12 nitrogen and oxygen atoms in total. The second-order valence-electron chi connectivity index (χ2n) is 12.0. The van der Waals surface area contributed by atoms with Crippen LogP contribution in [0.25, 0.3) is 11.0 Å². The van der Waals surface area contributed by atoms with Gasteiger partial charge in [-0.1, -0.05) is 36.4 Å². The van der Waals surface area contributed by atoms with Gasteiger partial charge in [-0.05, 0) is 73.2 Å². The van der Waals surface area contributed by atoms with E-state index in [4.69, 9.17) is 4.74 Å². The van der Waals surface area contributed by atoms with Crippen LogP contribution < -0.4 is 10.1 Å². The number of amides is 1. The minimum atomic E-state index is -3.89. The quantitative estimate of drug-likeness (QED) is 0.234. The minimum Gasteiger partial charge on any atom is -0.472 e. The Labute approximate surface area is 274 Å². The third kappa shape index (κ3) is 6.37. The van der Waals surface area contributed by atoms with E-state index in [1.807, 2.05) is 74.5 Å². The number of sulfonamides is 1. The van der Waals surface area contributed by atoms with E-state index in [-0.39, 0.29) is 48.2 Å². The molecule has 1 aliphatic heterocycles. The summed E-state index contributed by atoms with van der Waals surface area (Å²) in [6.07, 6.45) is 5.54. The molecule has 246 valence electrons. The molecule has 0 spiro atoms. The van der Waals surface area contributed by atoms with Gasteiger partial charge < -0.3 is 14.6 Å². The first-order valence-electron chi connectivity index (χ1n) is 15.9. The molecule has 5 aromatic rings. The highest BCUT2D eigenvalue weighted by Crippen LogP contribution is 2.36. The Morgan fingerprint density at radius 1 is 1.11 bits per heavy atom. The lowest BCUT2D eigenvalue weighted by molar-refractivity contribution is -0.121. The summed E-state index contributed by atoms with van der Waals surface area (Å²) in [6, 6.07) is 13.3. The molecule has 1 aliphatic rings. The number of nitrogens with zero attached hydrogens (tertiary/aromatic N) is 7. The summed E-state index contributed by atoms with van der Waals surface area (Å²) in [6.45, 7) is 9.33. The summed E-state index contributed by atoms with van der Waals surface area (Å²) in [5.41, 5.74) is 6.35. The van der Waals surface area contributed by atoms with Crippen LogP contribution in [0.15, 0.2) is 66.0 Å². The SMILES string of the molecule is CC[C@@H]1CN(Cc2cc(C(CC(=O)NCc3nccn3C)c3ccc4c(nnn4CC)c3C)ccc2C)S(=O)(=O)c2cccnc2O1. The summed E-state index contributed by atoms with van der Waals surface area (Å²) >= 11 is 0. The molecule has 0 fully saturated rings. The topological polar surface area (TPSA) is 137 Å². The maximum atomic E-state index is 13.9. The highest BCUT2D eigenvalue weighted by Gasteiger charge is 2.35. The number of fused-ring (bicyclic) bond motifs is 2. The summed E-state index contributed by atoms with van der Waals surface area (Å²) in [7, 11) is -2.00. The van der Waals surface area contributed by atoms with Gasteiger partial charge in [-0.2, -0.15) is 4.31 Å². The van der Waals surface area contributed by atoms with Crippen molar-refractivity contribution >= 4 is 27.0 Å². The standard InChI is InChI=1S/C34H40N8O4S/c1-6-26-21-41(47(44,45)30-9-8-14-36-34(30)46-26)20-25-17-24(11-10-22(25)3)28(18-32(43)37-19-31-35-15-16-40(31)5)27-12-13-29-33(23(27)4)38-39-42(29)7-2/h8-17,26,28H,6-7,18-21H2,1-5H3,(H,37,43)/t26-,28?/m1/s1. The normalized spacial score (nSPS) is 16.7. The van der Waals surface area contributed by atoms with Crippen LogP contribution in [-0.4, -0.2) is 60.8 Å². The summed E-state index contributed by atoms with van der Waals surface area (Å²) in [5.74, 6) is 0.434. The molecule has 0 aliphatic carbocycles. The number of benzene rings is 2. The molecule has 6 rings (SSSR count). The van der Waals surface area contributed by atoms with E-state index in [0.717, 1.165) is 44.7 Å². The van der Waals surface area contributed by atoms with Crippen molar-refractivity contribution in [1.29, 1.82) is 0 Å². The van der Waals surface area contributed by atoms with E-state index in [2.05, 4.69) is 31.7 Å². The lowest BCUT2D eigenvalue weighted by Gasteiger charge is -2.25. The average molecular weight is 657 g/mol. The van der Waals surface area contributed by atoms with Crippen LogP contribution in [0.1, 0.15) is 66.2 Å². The average Bonchev–Trinajstić information content (AvgIpc) is 3.66. The molecular weight excluding hydrogens is 616 g/mol. The van der Waals surface area contributed by atoms with Crippen LogP contribution in [-0.2, 0) is 41.5 Å². The fourth-order valence-corrected chi connectivity index (χ4v) is 7.68. The molecule has 0 saturated heterocycles.